The van der Waals surface area contributed by atoms with Crippen molar-refractivity contribution in [3.8, 4) is 0 Å². The Morgan fingerprint density at radius 1 is 1.25 bits per heavy atom. The molecule has 5 nitrogen and oxygen atoms in total. The van der Waals surface area contributed by atoms with E-state index in [0.29, 0.717) is 6.54 Å². The number of likely N-dealkylation sites (tertiary alicyclic amines) is 1. The van der Waals surface area contributed by atoms with Crippen molar-refractivity contribution >= 4 is 5.82 Å². The van der Waals surface area contributed by atoms with Crippen LogP contribution in [0.1, 0.15) is 38.2 Å². The predicted octanol–water partition coefficient (Wildman–Crippen LogP) is 1.86. The van der Waals surface area contributed by atoms with E-state index in [4.69, 9.17) is 0 Å². The predicted molar refractivity (Wildman–Crippen MR) is 98.2 cm³/mol. The second kappa shape index (κ2) is 8.79. The summed E-state index contributed by atoms with van der Waals surface area (Å²) < 4.78 is 0. The van der Waals surface area contributed by atoms with Gasteiger partial charge in [0, 0.05) is 38.9 Å². The van der Waals surface area contributed by atoms with Crippen LogP contribution < -0.4 is 10.2 Å². The van der Waals surface area contributed by atoms with E-state index in [1.54, 1.807) is 0 Å². The molecular formula is C19H32N4O. The van der Waals surface area contributed by atoms with Gasteiger partial charge in [0.15, 0.2) is 0 Å². The first kappa shape index (κ1) is 17.6. The summed E-state index contributed by atoms with van der Waals surface area (Å²) in [6.45, 7) is 9.04. The summed E-state index contributed by atoms with van der Waals surface area (Å²) >= 11 is 0. The van der Waals surface area contributed by atoms with Crippen LogP contribution in [-0.4, -0.2) is 60.4 Å². The molecule has 2 aliphatic rings. The van der Waals surface area contributed by atoms with E-state index in [2.05, 4.69) is 39.2 Å². The lowest BCUT2D eigenvalue weighted by molar-refractivity contribution is 0.0907. The van der Waals surface area contributed by atoms with Crippen molar-refractivity contribution < 1.29 is 5.11 Å². The van der Waals surface area contributed by atoms with Crippen molar-refractivity contribution in [2.24, 2.45) is 5.92 Å². The zero-order valence-electron chi connectivity index (χ0n) is 15.0. The Labute approximate surface area is 146 Å². The molecular weight excluding hydrogens is 300 g/mol. The third-order valence-electron chi connectivity index (χ3n) is 5.29. The molecule has 1 atom stereocenters. The van der Waals surface area contributed by atoms with Crippen LogP contribution in [-0.2, 0) is 6.54 Å². The van der Waals surface area contributed by atoms with Gasteiger partial charge in [0.2, 0.25) is 0 Å². The van der Waals surface area contributed by atoms with Crippen molar-refractivity contribution in [1.29, 1.82) is 0 Å². The minimum absolute atomic E-state index is 0.293. The van der Waals surface area contributed by atoms with Gasteiger partial charge >= 0.3 is 0 Å². The number of hydrogen-bond donors (Lipinski definition) is 2. The molecule has 2 fully saturated rings. The molecule has 1 aromatic heterocycles. The van der Waals surface area contributed by atoms with Gasteiger partial charge in [-0.2, -0.15) is 0 Å². The summed E-state index contributed by atoms with van der Waals surface area (Å²) in [5.41, 5.74) is 1.24. The Balaban J connectivity index is 1.38. The number of rotatable bonds is 7. The fraction of sp³-hybridized carbons (Fsp3) is 0.737. The molecule has 0 spiro atoms. The third-order valence-corrected chi connectivity index (χ3v) is 5.29. The molecule has 134 valence electrons. The van der Waals surface area contributed by atoms with Gasteiger partial charge in [0.05, 0.1) is 6.10 Å². The smallest absolute Gasteiger partial charge is 0.128 e. The average molecular weight is 332 g/mol. The summed E-state index contributed by atoms with van der Waals surface area (Å²) in [4.78, 5) is 9.24. The van der Waals surface area contributed by atoms with Crippen molar-refractivity contribution in [3.63, 3.8) is 0 Å². The van der Waals surface area contributed by atoms with Gasteiger partial charge in [-0.1, -0.05) is 6.92 Å². The van der Waals surface area contributed by atoms with Crippen LogP contribution in [0.3, 0.4) is 0 Å². The SMILES string of the molecule is CC1CCN(CC(O)CNCc2ccnc(N3CCCC3)c2)CC1. The fourth-order valence-electron chi connectivity index (χ4n) is 3.68. The molecule has 5 heteroatoms. The molecule has 1 unspecified atom stereocenters. The Hall–Kier alpha value is -1.17. The number of nitrogens with zero attached hydrogens (tertiary/aromatic N) is 3. The highest BCUT2D eigenvalue weighted by molar-refractivity contribution is 5.41. The molecule has 2 N–H and O–H groups in total. The number of hydrogen-bond acceptors (Lipinski definition) is 5. The number of aromatic nitrogens is 1. The highest BCUT2D eigenvalue weighted by atomic mass is 16.3. The largest absolute Gasteiger partial charge is 0.390 e. The minimum atomic E-state index is -0.293. The maximum atomic E-state index is 10.2. The first-order chi connectivity index (χ1) is 11.7. The Kier molecular flexibility index (Phi) is 6.46. The second-order valence-electron chi connectivity index (χ2n) is 7.48. The molecule has 3 heterocycles. The van der Waals surface area contributed by atoms with Crippen molar-refractivity contribution in [1.82, 2.24) is 15.2 Å². The second-order valence-corrected chi connectivity index (χ2v) is 7.48. The van der Waals surface area contributed by atoms with Gasteiger partial charge in [0.1, 0.15) is 5.82 Å². The molecule has 24 heavy (non-hydrogen) atoms. The van der Waals surface area contributed by atoms with Crippen LogP contribution in [0.15, 0.2) is 18.3 Å². The summed E-state index contributed by atoms with van der Waals surface area (Å²) in [5.74, 6) is 1.93. The summed E-state index contributed by atoms with van der Waals surface area (Å²) in [6, 6.07) is 4.24. The van der Waals surface area contributed by atoms with Gasteiger partial charge in [0.25, 0.3) is 0 Å². The van der Waals surface area contributed by atoms with Crippen LogP contribution in [0.2, 0.25) is 0 Å². The number of nitrogens with one attached hydrogen (secondary N) is 1. The number of pyridine rings is 1. The monoisotopic (exact) mass is 332 g/mol. The summed E-state index contributed by atoms with van der Waals surface area (Å²) in [5, 5.41) is 13.6. The molecule has 0 aromatic carbocycles. The Bertz CT molecular complexity index is 496. The number of aliphatic hydroxyl groups excluding tert-OH is 1. The molecule has 2 aliphatic heterocycles. The molecule has 1 aromatic rings. The average Bonchev–Trinajstić information content (AvgIpc) is 3.12. The van der Waals surface area contributed by atoms with Gasteiger partial charge in [-0.25, -0.2) is 4.98 Å². The lowest BCUT2D eigenvalue weighted by Gasteiger charge is -2.31. The van der Waals surface area contributed by atoms with E-state index in [-0.39, 0.29) is 6.10 Å². The first-order valence-corrected chi connectivity index (χ1v) is 9.52. The molecule has 0 radical (unpaired) electrons. The van der Waals surface area contributed by atoms with E-state index in [1.165, 1.54) is 31.2 Å². The number of piperidine rings is 1. The van der Waals surface area contributed by atoms with E-state index < -0.39 is 0 Å². The minimum Gasteiger partial charge on any atom is -0.390 e. The molecule has 3 rings (SSSR count). The van der Waals surface area contributed by atoms with Crippen molar-refractivity contribution in [3.05, 3.63) is 23.9 Å². The highest BCUT2D eigenvalue weighted by Gasteiger charge is 2.18. The maximum absolute atomic E-state index is 10.2. The Morgan fingerprint density at radius 3 is 2.75 bits per heavy atom. The molecule has 0 amide bonds. The zero-order chi connectivity index (χ0) is 16.8. The van der Waals surface area contributed by atoms with Gasteiger partial charge in [-0.05, 0) is 62.4 Å². The van der Waals surface area contributed by atoms with Gasteiger partial charge < -0.3 is 20.2 Å². The number of anilines is 1. The van der Waals surface area contributed by atoms with Gasteiger partial charge in [-0.3, -0.25) is 0 Å². The highest BCUT2D eigenvalue weighted by Crippen LogP contribution is 2.18. The summed E-state index contributed by atoms with van der Waals surface area (Å²) in [7, 11) is 0. The standard InChI is InChI=1S/C19H32N4O/c1-16-5-10-22(11-6-16)15-18(24)14-20-13-17-4-7-21-19(12-17)23-8-2-3-9-23/h4,7,12,16,18,20,24H,2-3,5-6,8-11,13-15H2,1H3. The van der Waals surface area contributed by atoms with Crippen LogP contribution in [0, 0.1) is 5.92 Å². The van der Waals surface area contributed by atoms with Gasteiger partial charge in [-0.15, -0.1) is 0 Å². The van der Waals surface area contributed by atoms with E-state index >= 15 is 0 Å². The lowest BCUT2D eigenvalue weighted by Crippen LogP contribution is -2.41. The third kappa shape index (κ3) is 5.16. The van der Waals surface area contributed by atoms with Crippen LogP contribution in [0.4, 0.5) is 5.82 Å². The number of β-amino-alcohol motifs (C(OH)–C–C–N with tert-alkyl or cyclic N) is 1. The topological polar surface area (TPSA) is 51.6 Å². The molecule has 2 saturated heterocycles. The lowest BCUT2D eigenvalue weighted by atomic mass is 9.99. The molecule has 0 aliphatic carbocycles. The first-order valence-electron chi connectivity index (χ1n) is 9.52. The van der Waals surface area contributed by atoms with E-state index in [0.717, 1.165) is 51.0 Å². The van der Waals surface area contributed by atoms with E-state index in [1.807, 2.05) is 6.20 Å². The fourth-order valence-corrected chi connectivity index (χ4v) is 3.68. The van der Waals surface area contributed by atoms with E-state index in [9.17, 15) is 5.11 Å². The maximum Gasteiger partial charge on any atom is 0.128 e. The molecule has 0 saturated carbocycles. The van der Waals surface area contributed by atoms with Crippen molar-refractivity contribution in [2.75, 3.05) is 44.2 Å². The summed E-state index contributed by atoms with van der Waals surface area (Å²) in [6.07, 6.45) is 6.67. The van der Waals surface area contributed by atoms with Crippen LogP contribution in [0.5, 0.6) is 0 Å². The zero-order valence-corrected chi connectivity index (χ0v) is 15.0. The molecule has 0 bridgehead atoms. The Morgan fingerprint density at radius 2 is 2.00 bits per heavy atom. The van der Waals surface area contributed by atoms with Crippen molar-refractivity contribution in [2.45, 2.75) is 45.3 Å². The normalized spacial score (nSPS) is 21.3. The van der Waals surface area contributed by atoms with Crippen LogP contribution >= 0.6 is 0 Å². The number of aliphatic hydroxyl groups is 1. The van der Waals surface area contributed by atoms with Crippen LogP contribution in [0.25, 0.3) is 0 Å². The quantitative estimate of drug-likeness (QED) is 0.798.